The molecule has 4 rings (SSSR count). The molecule has 1 heterocycles. The maximum atomic E-state index is 10.9. The number of carbonyl (C=O) groups excluding carboxylic acids is 1. The number of ketones is 1. The molecular weight excluding hydrogens is 390 g/mol. The molecule has 1 unspecified atom stereocenters. The molecule has 2 saturated carbocycles. The third kappa shape index (κ3) is 10.4. The molecule has 0 amide bonds. The van der Waals surface area contributed by atoms with Gasteiger partial charge in [-0.25, -0.2) is 0 Å². The van der Waals surface area contributed by atoms with Crippen LogP contribution in [0, 0.1) is 22.7 Å². The minimum Gasteiger partial charge on any atom is -0.375 e. The second-order valence-corrected chi connectivity index (χ2v) is 12.7. The van der Waals surface area contributed by atoms with Crippen LogP contribution in [0.5, 0.6) is 0 Å². The maximum absolute atomic E-state index is 10.9. The van der Waals surface area contributed by atoms with Crippen LogP contribution in [-0.4, -0.2) is 23.8 Å². The highest BCUT2D eigenvalue weighted by molar-refractivity contribution is 5.79. The Hall–Kier alpha value is -0.790. The highest BCUT2D eigenvalue weighted by Crippen LogP contribution is 2.38. The largest absolute Gasteiger partial charge is 0.375 e. The molecule has 2 nitrogen and oxygen atoms in total. The molecule has 3 fully saturated rings. The Bertz CT molecular complexity index is 535. The molecule has 1 atom stereocenters. The van der Waals surface area contributed by atoms with Gasteiger partial charge in [0.05, 0.1) is 0 Å². The van der Waals surface area contributed by atoms with Crippen molar-refractivity contribution < 1.29 is 4.79 Å². The van der Waals surface area contributed by atoms with E-state index in [0.29, 0.717) is 16.6 Å². The molecule has 3 aliphatic carbocycles. The first kappa shape index (κ1) is 29.2. The Balaban J connectivity index is 0.000000264. The quantitative estimate of drug-likeness (QED) is 0.399. The lowest BCUT2D eigenvalue weighted by Gasteiger charge is -2.35. The SMILES string of the molecule is C.C1CCCC1.CC(C)(C)C1CC=C(N2CCCC2)CC1.CC(C)(C)C1CCC(=O)CC1. The van der Waals surface area contributed by atoms with E-state index < -0.39 is 0 Å². The lowest BCUT2D eigenvalue weighted by atomic mass is 9.72. The lowest BCUT2D eigenvalue weighted by molar-refractivity contribution is -0.121. The Morgan fingerprint density at radius 3 is 1.50 bits per heavy atom. The summed E-state index contributed by atoms with van der Waals surface area (Å²) in [7, 11) is 0. The van der Waals surface area contributed by atoms with Crippen LogP contribution in [0.1, 0.15) is 139 Å². The first-order chi connectivity index (χ1) is 14.6. The highest BCUT2D eigenvalue weighted by Gasteiger charge is 2.29. The molecular formula is C30H57NO. The normalized spacial score (nSPS) is 24.6. The van der Waals surface area contributed by atoms with Gasteiger partial charge in [-0.15, -0.1) is 0 Å². The first-order valence-electron chi connectivity index (χ1n) is 13.5. The van der Waals surface area contributed by atoms with Crippen LogP contribution in [-0.2, 0) is 4.79 Å². The molecule has 0 N–H and O–H groups in total. The van der Waals surface area contributed by atoms with E-state index in [4.69, 9.17) is 0 Å². The Labute approximate surface area is 202 Å². The molecule has 0 aromatic rings. The van der Waals surface area contributed by atoms with Crippen LogP contribution in [0.15, 0.2) is 11.8 Å². The Kier molecular flexibility index (Phi) is 12.6. The van der Waals surface area contributed by atoms with Gasteiger partial charge in [0.25, 0.3) is 0 Å². The van der Waals surface area contributed by atoms with Crippen LogP contribution < -0.4 is 0 Å². The summed E-state index contributed by atoms with van der Waals surface area (Å²) in [6.07, 6.45) is 20.7. The molecule has 1 aliphatic heterocycles. The summed E-state index contributed by atoms with van der Waals surface area (Å²) in [5.41, 5.74) is 2.54. The molecule has 188 valence electrons. The smallest absolute Gasteiger partial charge is 0.132 e. The highest BCUT2D eigenvalue weighted by atomic mass is 16.1. The van der Waals surface area contributed by atoms with E-state index in [9.17, 15) is 4.79 Å². The minimum absolute atomic E-state index is 0. The molecule has 4 aliphatic rings. The topological polar surface area (TPSA) is 20.3 Å². The van der Waals surface area contributed by atoms with Gasteiger partial charge >= 0.3 is 0 Å². The van der Waals surface area contributed by atoms with Crippen molar-refractivity contribution in [2.24, 2.45) is 22.7 Å². The molecule has 0 aromatic heterocycles. The Morgan fingerprint density at radius 1 is 0.688 bits per heavy atom. The predicted molar refractivity (Wildman–Crippen MR) is 142 cm³/mol. The zero-order valence-electron chi connectivity index (χ0n) is 21.9. The summed E-state index contributed by atoms with van der Waals surface area (Å²) in [6.45, 7) is 16.6. The van der Waals surface area contributed by atoms with Crippen molar-refractivity contribution in [1.82, 2.24) is 4.90 Å². The molecule has 0 aromatic carbocycles. The van der Waals surface area contributed by atoms with Crippen LogP contribution >= 0.6 is 0 Å². The molecule has 1 saturated heterocycles. The predicted octanol–water partition coefficient (Wildman–Crippen LogP) is 9.19. The van der Waals surface area contributed by atoms with E-state index in [1.807, 2.05) is 0 Å². The van der Waals surface area contributed by atoms with Crippen molar-refractivity contribution in [3.63, 3.8) is 0 Å². The van der Waals surface area contributed by atoms with Crippen LogP contribution in [0.25, 0.3) is 0 Å². The summed E-state index contributed by atoms with van der Waals surface area (Å²) in [4.78, 5) is 13.5. The molecule has 0 spiro atoms. The van der Waals surface area contributed by atoms with Crippen LogP contribution in [0.4, 0.5) is 0 Å². The number of likely N-dealkylation sites (tertiary alicyclic amines) is 1. The lowest BCUT2D eigenvalue weighted by Crippen LogP contribution is -2.26. The minimum atomic E-state index is 0. The van der Waals surface area contributed by atoms with Gasteiger partial charge in [0.15, 0.2) is 0 Å². The van der Waals surface area contributed by atoms with Gasteiger partial charge in [0, 0.05) is 31.6 Å². The van der Waals surface area contributed by atoms with Crippen LogP contribution in [0.2, 0.25) is 0 Å². The molecule has 2 heteroatoms. The third-order valence-corrected chi connectivity index (χ3v) is 8.14. The van der Waals surface area contributed by atoms with E-state index in [2.05, 4.69) is 52.5 Å². The summed E-state index contributed by atoms with van der Waals surface area (Å²) >= 11 is 0. The van der Waals surface area contributed by atoms with Crippen LogP contribution in [0.3, 0.4) is 0 Å². The Morgan fingerprint density at radius 2 is 1.12 bits per heavy atom. The van der Waals surface area contributed by atoms with Crippen molar-refractivity contribution in [2.75, 3.05) is 13.1 Å². The summed E-state index contributed by atoms with van der Waals surface area (Å²) in [5.74, 6) is 2.12. The van der Waals surface area contributed by atoms with Gasteiger partial charge in [-0.1, -0.05) is 87.1 Å². The summed E-state index contributed by atoms with van der Waals surface area (Å²) in [5, 5.41) is 0. The van der Waals surface area contributed by atoms with E-state index in [1.165, 1.54) is 77.3 Å². The number of carbonyl (C=O) groups is 1. The fourth-order valence-electron chi connectivity index (χ4n) is 5.59. The number of Topliss-reactive ketones (excluding diaryl/α,β-unsaturated/α-hetero) is 1. The van der Waals surface area contributed by atoms with Crippen molar-refractivity contribution >= 4 is 5.78 Å². The van der Waals surface area contributed by atoms with E-state index in [1.54, 1.807) is 5.70 Å². The summed E-state index contributed by atoms with van der Waals surface area (Å²) in [6, 6.07) is 0. The van der Waals surface area contributed by atoms with Gasteiger partial charge < -0.3 is 4.90 Å². The zero-order valence-corrected chi connectivity index (χ0v) is 21.9. The second kappa shape index (κ2) is 13.8. The number of allylic oxidation sites excluding steroid dienone is 2. The average molecular weight is 448 g/mol. The molecule has 0 radical (unpaired) electrons. The van der Waals surface area contributed by atoms with Crippen molar-refractivity contribution in [1.29, 1.82) is 0 Å². The maximum Gasteiger partial charge on any atom is 0.132 e. The van der Waals surface area contributed by atoms with Crippen molar-refractivity contribution in [3.8, 4) is 0 Å². The fraction of sp³-hybridized carbons (Fsp3) is 0.900. The van der Waals surface area contributed by atoms with Gasteiger partial charge in [-0.05, 0) is 67.6 Å². The van der Waals surface area contributed by atoms with Crippen molar-refractivity contribution in [3.05, 3.63) is 11.8 Å². The monoisotopic (exact) mass is 447 g/mol. The van der Waals surface area contributed by atoms with Gasteiger partial charge in [-0.2, -0.15) is 0 Å². The number of hydrogen-bond donors (Lipinski definition) is 0. The summed E-state index contributed by atoms with van der Waals surface area (Å²) < 4.78 is 0. The third-order valence-electron chi connectivity index (χ3n) is 8.14. The average Bonchev–Trinajstić information content (AvgIpc) is 3.44. The standard InChI is InChI=1S/C14H25N.C10H18O.C5H10.CH4/c1-14(2,3)12-6-8-13(9-7-12)15-10-4-5-11-15;1-10(2,3)8-4-6-9(11)7-5-8;1-2-4-5-3-1;/h8,12H,4-7,9-11H2,1-3H3;8H,4-7H2,1-3H3;1-5H2;1H4. The number of hydrogen-bond acceptors (Lipinski definition) is 2. The van der Waals surface area contributed by atoms with E-state index >= 15 is 0 Å². The van der Waals surface area contributed by atoms with Gasteiger partial charge in [0.2, 0.25) is 0 Å². The zero-order chi connectivity index (χ0) is 22.9. The van der Waals surface area contributed by atoms with Gasteiger partial charge in [-0.3, -0.25) is 4.79 Å². The number of rotatable bonds is 1. The molecule has 0 bridgehead atoms. The first-order valence-corrected chi connectivity index (χ1v) is 13.5. The van der Waals surface area contributed by atoms with Crippen molar-refractivity contribution in [2.45, 2.75) is 139 Å². The fourth-order valence-corrected chi connectivity index (χ4v) is 5.59. The van der Waals surface area contributed by atoms with Gasteiger partial charge in [0.1, 0.15) is 5.78 Å². The number of nitrogens with zero attached hydrogens (tertiary/aromatic N) is 1. The van der Waals surface area contributed by atoms with E-state index in [-0.39, 0.29) is 7.43 Å². The molecule has 32 heavy (non-hydrogen) atoms. The van der Waals surface area contributed by atoms with E-state index in [0.717, 1.165) is 37.5 Å². The second-order valence-electron chi connectivity index (χ2n) is 12.7.